The zero-order valence-corrected chi connectivity index (χ0v) is 20.6. The predicted octanol–water partition coefficient (Wildman–Crippen LogP) is 3.02. The molecule has 14 heteroatoms. The molecule has 2 heterocycles. The molecule has 0 amide bonds. The van der Waals surface area contributed by atoms with Crippen molar-refractivity contribution < 1.29 is 35.8 Å². The first-order chi connectivity index (χ1) is 17.3. The molecule has 0 radical (unpaired) electrons. The Morgan fingerprint density at radius 3 is 2.68 bits per heavy atom. The van der Waals surface area contributed by atoms with Crippen LogP contribution in [0.4, 0.5) is 23.5 Å². The molecule has 1 saturated carbocycles. The van der Waals surface area contributed by atoms with Crippen LogP contribution >= 0.6 is 0 Å². The number of nitriles is 1. The van der Waals surface area contributed by atoms with E-state index in [1.54, 1.807) is 0 Å². The van der Waals surface area contributed by atoms with Gasteiger partial charge in [0.1, 0.15) is 40.2 Å². The van der Waals surface area contributed by atoms with Crippen molar-refractivity contribution in [2.75, 3.05) is 18.4 Å². The lowest BCUT2D eigenvalue weighted by molar-refractivity contribution is -0.162. The Bertz CT molecular complexity index is 1300. The fourth-order valence-electron chi connectivity index (χ4n) is 4.52. The fraction of sp³-hybridized carbons (Fsp3) is 0.522. The van der Waals surface area contributed by atoms with Gasteiger partial charge < -0.3 is 15.2 Å². The minimum atomic E-state index is -4.25. The van der Waals surface area contributed by atoms with Gasteiger partial charge in [0.2, 0.25) is 21.9 Å². The van der Waals surface area contributed by atoms with Crippen LogP contribution in [-0.4, -0.2) is 70.7 Å². The first kappa shape index (κ1) is 27.0. The minimum absolute atomic E-state index is 0.000813. The van der Waals surface area contributed by atoms with Gasteiger partial charge in [0.05, 0.1) is 12.2 Å². The highest BCUT2D eigenvalue weighted by molar-refractivity contribution is 7.89. The fourth-order valence-corrected chi connectivity index (χ4v) is 6.05. The molecule has 1 aliphatic heterocycles. The van der Waals surface area contributed by atoms with E-state index >= 15 is 4.39 Å². The largest absolute Gasteiger partial charge is 0.470 e. The molecule has 200 valence electrons. The molecule has 4 atom stereocenters. The second-order valence-corrected chi connectivity index (χ2v) is 11.3. The van der Waals surface area contributed by atoms with Gasteiger partial charge in [0.25, 0.3) is 5.92 Å². The van der Waals surface area contributed by atoms with Crippen LogP contribution in [0, 0.1) is 17.1 Å². The number of ether oxygens (including phenoxy) is 1. The van der Waals surface area contributed by atoms with Crippen LogP contribution in [-0.2, 0) is 10.0 Å². The summed E-state index contributed by atoms with van der Waals surface area (Å²) >= 11 is 0. The number of hydrogen-bond acceptors (Lipinski definition) is 8. The van der Waals surface area contributed by atoms with Crippen LogP contribution in [0.3, 0.4) is 0 Å². The molecule has 37 heavy (non-hydrogen) atoms. The maximum Gasteiger partial charge on any atom is 0.251 e. The van der Waals surface area contributed by atoms with Gasteiger partial charge in [-0.15, -0.1) is 0 Å². The zero-order chi connectivity index (χ0) is 27.0. The Labute approximate surface area is 211 Å². The van der Waals surface area contributed by atoms with Gasteiger partial charge in [0, 0.05) is 25.9 Å². The third-order valence-corrected chi connectivity index (χ3v) is 8.38. The van der Waals surface area contributed by atoms with E-state index in [0.29, 0.717) is 0 Å². The van der Waals surface area contributed by atoms with Crippen LogP contribution in [0.2, 0.25) is 0 Å². The summed E-state index contributed by atoms with van der Waals surface area (Å²) in [6, 6.07) is 5.75. The number of aromatic nitrogens is 2. The van der Waals surface area contributed by atoms with Crippen LogP contribution in [0.5, 0.6) is 5.88 Å². The van der Waals surface area contributed by atoms with Crippen molar-refractivity contribution in [2.45, 2.75) is 67.3 Å². The van der Waals surface area contributed by atoms with Gasteiger partial charge >= 0.3 is 0 Å². The van der Waals surface area contributed by atoms with Gasteiger partial charge in [-0.1, -0.05) is 12.1 Å². The summed E-state index contributed by atoms with van der Waals surface area (Å²) in [5, 5.41) is 22.6. The van der Waals surface area contributed by atoms with Crippen molar-refractivity contribution in [3.05, 3.63) is 41.8 Å². The van der Waals surface area contributed by atoms with E-state index in [1.165, 1.54) is 19.1 Å². The summed E-state index contributed by atoms with van der Waals surface area (Å²) in [6.07, 6.45) is -3.17. The number of benzene rings is 1. The van der Waals surface area contributed by atoms with E-state index in [-0.39, 0.29) is 36.8 Å². The molecule has 4 rings (SSSR count). The molecule has 2 fully saturated rings. The molecular weight excluding hydrogens is 518 g/mol. The highest BCUT2D eigenvalue weighted by atomic mass is 32.2. The van der Waals surface area contributed by atoms with Gasteiger partial charge in [-0.2, -0.15) is 14.6 Å². The number of halogens is 4. The van der Waals surface area contributed by atoms with Crippen molar-refractivity contribution in [3.8, 4) is 11.9 Å². The maximum absolute atomic E-state index is 15.0. The number of sulfonamides is 1. The molecular formula is C23H25F4N5O4S. The van der Waals surface area contributed by atoms with Crippen molar-refractivity contribution in [1.82, 2.24) is 14.3 Å². The molecule has 2 aromatic rings. The van der Waals surface area contributed by atoms with E-state index in [9.17, 15) is 32.0 Å². The van der Waals surface area contributed by atoms with E-state index in [2.05, 4.69) is 15.3 Å². The van der Waals surface area contributed by atoms with Crippen molar-refractivity contribution >= 4 is 16.0 Å². The lowest BCUT2D eigenvalue weighted by atomic mass is 9.81. The normalized spacial score (nSPS) is 28.3. The second-order valence-electron chi connectivity index (χ2n) is 9.41. The average molecular weight is 544 g/mol. The number of nitrogens with zero attached hydrogens (tertiary/aromatic N) is 4. The molecule has 0 unspecified atom stereocenters. The monoisotopic (exact) mass is 543 g/mol. The Balaban J connectivity index is 1.46. The van der Waals surface area contributed by atoms with E-state index in [0.717, 1.165) is 22.6 Å². The maximum atomic E-state index is 15.0. The third-order valence-electron chi connectivity index (χ3n) is 6.48. The standard InChI is InChI=1S/C23H25F4N5O4S/c1-22(33)13-23(26,27)8-6-19(22)36-20-14(10-28)11-29-21(31-20)30-17-7-9-32(12-16(17)25)37(34,35)18-5-3-2-4-15(18)24/h2-5,11,16-17,19,33H,6-9,12-13H2,1H3,(H,29,30,31)/t16-,17-,19-,22+/m1/s1. The first-order valence-electron chi connectivity index (χ1n) is 11.5. The predicted molar refractivity (Wildman–Crippen MR) is 123 cm³/mol. The molecule has 9 nitrogen and oxygen atoms in total. The zero-order valence-electron chi connectivity index (χ0n) is 19.7. The third kappa shape index (κ3) is 5.78. The van der Waals surface area contributed by atoms with Crippen molar-refractivity contribution in [2.24, 2.45) is 0 Å². The van der Waals surface area contributed by atoms with E-state index in [1.807, 2.05) is 6.07 Å². The summed E-state index contributed by atoms with van der Waals surface area (Å²) in [7, 11) is -4.25. The van der Waals surface area contributed by atoms with Crippen molar-refractivity contribution in [1.29, 1.82) is 5.26 Å². The summed E-state index contributed by atoms with van der Waals surface area (Å²) in [5.74, 6) is -4.37. The quantitative estimate of drug-likeness (QED) is 0.533. The summed E-state index contributed by atoms with van der Waals surface area (Å²) < 4.78 is 88.6. The number of nitrogens with one attached hydrogen (secondary N) is 1. The van der Waals surface area contributed by atoms with E-state index in [4.69, 9.17) is 4.74 Å². The molecule has 1 saturated heterocycles. The summed E-state index contributed by atoms with van der Waals surface area (Å²) in [6.45, 7) is 0.578. The van der Waals surface area contributed by atoms with Crippen LogP contribution in [0.25, 0.3) is 0 Å². The Kier molecular flexibility index (Phi) is 7.33. The Morgan fingerprint density at radius 1 is 1.30 bits per heavy atom. The molecule has 2 N–H and O–H groups in total. The van der Waals surface area contributed by atoms with Crippen LogP contribution in [0.1, 0.15) is 38.2 Å². The van der Waals surface area contributed by atoms with Gasteiger partial charge in [0.15, 0.2) is 0 Å². The number of anilines is 1. The number of rotatable bonds is 6. The number of piperidine rings is 1. The number of aliphatic hydroxyl groups is 1. The van der Waals surface area contributed by atoms with Gasteiger partial charge in [-0.05, 0) is 31.9 Å². The number of hydrogen-bond donors (Lipinski definition) is 2. The first-order valence-corrected chi connectivity index (χ1v) is 13.0. The van der Waals surface area contributed by atoms with Gasteiger partial charge in [-0.3, -0.25) is 0 Å². The second kappa shape index (κ2) is 10.0. The van der Waals surface area contributed by atoms with Gasteiger partial charge in [-0.25, -0.2) is 31.0 Å². The highest BCUT2D eigenvalue weighted by Gasteiger charge is 2.49. The summed E-state index contributed by atoms with van der Waals surface area (Å²) in [5.41, 5.74) is -1.99. The SMILES string of the molecule is C[C@]1(O)CC(F)(F)CC[C@H]1Oc1nc(N[C@@H]2CCN(S(=O)(=O)c3ccccc3F)C[C@H]2F)ncc1C#N. The Hall–Kier alpha value is -3.02. The molecule has 0 spiro atoms. The lowest BCUT2D eigenvalue weighted by Gasteiger charge is -2.40. The molecule has 1 aliphatic carbocycles. The summed E-state index contributed by atoms with van der Waals surface area (Å²) in [4.78, 5) is 7.50. The smallest absolute Gasteiger partial charge is 0.251 e. The van der Waals surface area contributed by atoms with Crippen LogP contribution < -0.4 is 10.1 Å². The topological polar surface area (TPSA) is 128 Å². The van der Waals surface area contributed by atoms with Crippen LogP contribution in [0.15, 0.2) is 35.4 Å². The average Bonchev–Trinajstić information content (AvgIpc) is 2.81. The minimum Gasteiger partial charge on any atom is -0.470 e. The molecule has 2 aliphatic rings. The number of alkyl halides is 3. The van der Waals surface area contributed by atoms with E-state index < -0.39 is 70.0 Å². The Morgan fingerprint density at radius 2 is 2.03 bits per heavy atom. The molecule has 1 aromatic carbocycles. The molecule has 1 aromatic heterocycles. The van der Waals surface area contributed by atoms with Crippen molar-refractivity contribution in [3.63, 3.8) is 0 Å². The lowest BCUT2D eigenvalue weighted by Crippen LogP contribution is -2.51. The molecule has 0 bridgehead atoms. The highest BCUT2D eigenvalue weighted by Crippen LogP contribution is 2.41.